The molecule has 0 saturated heterocycles. The molecule has 0 radical (unpaired) electrons. The zero-order valence-electron chi connectivity index (χ0n) is 11.9. The topological polar surface area (TPSA) is 98.9 Å². The minimum absolute atomic E-state index is 0.680. The van der Waals surface area contributed by atoms with Gasteiger partial charge in [0.15, 0.2) is 5.65 Å². The fourth-order valence-electron chi connectivity index (χ4n) is 2.76. The third kappa shape index (κ3) is 1.83. The van der Waals surface area contributed by atoms with Gasteiger partial charge in [-0.3, -0.25) is 15.2 Å². The first-order valence-corrected chi connectivity index (χ1v) is 7.16. The molecule has 110 valence electrons. The molecule has 0 spiro atoms. The Bertz CT molecular complexity index is 1080. The molecule has 0 bridgehead atoms. The van der Waals surface area contributed by atoms with Crippen molar-refractivity contribution in [1.82, 2.24) is 35.3 Å². The van der Waals surface area contributed by atoms with E-state index in [4.69, 9.17) is 0 Å². The van der Waals surface area contributed by atoms with Crippen molar-refractivity contribution in [2.24, 2.45) is 0 Å². The molecular weight excluding hydrogens is 290 g/mol. The molecule has 5 rings (SSSR count). The molecule has 7 heteroatoms. The minimum Gasteiger partial charge on any atom is -0.352 e. The Morgan fingerprint density at radius 3 is 2.87 bits per heavy atom. The molecule has 5 aromatic rings. The average Bonchev–Trinajstić information content (AvgIpc) is 3.32. The van der Waals surface area contributed by atoms with Crippen molar-refractivity contribution < 1.29 is 0 Å². The van der Waals surface area contributed by atoms with Gasteiger partial charge in [0.2, 0.25) is 0 Å². The van der Waals surface area contributed by atoms with E-state index in [1.54, 1.807) is 18.6 Å². The van der Waals surface area contributed by atoms with Crippen LogP contribution in [0.5, 0.6) is 0 Å². The van der Waals surface area contributed by atoms with E-state index in [-0.39, 0.29) is 0 Å². The Balaban J connectivity index is 1.73. The van der Waals surface area contributed by atoms with Gasteiger partial charge in [0.1, 0.15) is 0 Å². The summed E-state index contributed by atoms with van der Waals surface area (Å²) in [6, 6.07) is 7.98. The van der Waals surface area contributed by atoms with Crippen molar-refractivity contribution in [1.29, 1.82) is 0 Å². The second-order valence-corrected chi connectivity index (χ2v) is 5.30. The van der Waals surface area contributed by atoms with Gasteiger partial charge in [0.05, 0.1) is 28.6 Å². The molecule has 5 heterocycles. The fraction of sp³-hybridized carbons (Fsp3) is 0. The molecule has 0 fully saturated rings. The molecule has 0 unspecified atom stereocenters. The lowest BCUT2D eigenvalue weighted by Gasteiger charge is -1.98. The molecule has 5 aromatic heterocycles. The van der Waals surface area contributed by atoms with E-state index in [0.717, 1.165) is 38.9 Å². The number of H-pyrrole nitrogens is 3. The van der Waals surface area contributed by atoms with Crippen molar-refractivity contribution in [2.75, 3.05) is 0 Å². The number of fused-ring (bicyclic) bond motifs is 2. The number of aromatic nitrogens is 7. The summed E-state index contributed by atoms with van der Waals surface area (Å²) in [6.45, 7) is 0. The van der Waals surface area contributed by atoms with Crippen molar-refractivity contribution in [3.63, 3.8) is 0 Å². The maximum Gasteiger partial charge on any atom is 0.181 e. The van der Waals surface area contributed by atoms with E-state index < -0.39 is 0 Å². The molecule has 0 amide bonds. The van der Waals surface area contributed by atoms with Crippen LogP contribution in [0, 0.1) is 0 Å². The van der Waals surface area contributed by atoms with Gasteiger partial charge in [-0.15, -0.1) is 0 Å². The summed E-state index contributed by atoms with van der Waals surface area (Å²) in [5, 5.41) is 15.1. The predicted molar refractivity (Wildman–Crippen MR) is 86.6 cm³/mol. The van der Waals surface area contributed by atoms with Crippen molar-refractivity contribution in [3.05, 3.63) is 49.1 Å². The summed E-state index contributed by atoms with van der Waals surface area (Å²) in [5.74, 6) is 0. The first-order chi connectivity index (χ1) is 11.4. The number of rotatable bonds is 2. The Morgan fingerprint density at radius 2 is 2.00 bits per heavy atom. The van der Waals surface area contributed by atoms with Crippen molar-refractivity contribution >= 4 is 22.1 Å². The molecule has 0 aliphatic rings. The van der Waals surface area contributed by atoms with Gasteiger partial charge < -0.3 is 4.98 Å². The third-order valence-corrected chi connectivity index (χ3v) is 3.90. The summed E-state index contributed by atoms with van der Waals surface area (Å²) in [4.78, 5) is 12.1. The molecule has 23 heavy (non-hydrogen) atoms. The Hall–Kier alpha value is -3.48. The van der Waals surface area contributed by atoms with Crippen LogP contribution in [-0.4, -0.2) is 35.3 Å². The van der Waals surface area contributed by atoms with E-state index in [0.29, 0.717) is 5.65 Å². The second-order valence-electron chi connectivity index (χ2n) is 5.30. The SMILES string of the molecule is c1cnc2cc(-c3[nH]nc4ncc(-c5cn[nH]c5)cc34)[nH]c2c1. The van der Waals surface area contributed by atoms with Crippen LogP contribution in [0.15, 0.2) is 49.1 Å². The lowest BCUT2D eigenvalue weighted by Crippen LogP contribution is -1.81. The number of nitrogens with one attached hydrogen (secondary N) is 3. The third-order valence-electron chi connectivity index (χ3n) is 3.90. The summed E-state index contributed by atoms with van der Waals surface area (Å²) in [5.41, 5.74) is 6.41. The number of hydrogen-bond donors (Lipinski definition) is 3. The number of pyridine rings is 2. The van der Waals surface area contributed by atoms with Gasteiger partial charge in [-0.05, 0) is 24.3 Å². The minimum atomic E-state index is 0.680. The summed E-state index contributed by atoms with van der Waals surface area (Å²) < 4.78 is 0. The normalized spacial score (nSPS) is 11.5. The van der Waals surface area contributed by atoms with Gasteiger partial charge >= 0.3 is 0 Å². The Morgan fingerprint density at radius 1 is 1.00 bits per heavy atom. The number of nitrogens with zero attached hydrogens (tertiary/aromatic N) is 4. The van der Waals surface area contributed by atoms with Crippen LogP contribution in [0.3, 0.4) is 0 Å². The van der Waals surface area contributed by atoms with E-state index in [2.05, 4.69) is 41.4 Å². The standard InChI is InChI=1S/C16H11N7/c1-2-12-13(17-3-1)5-14(21-12)15-11-4-9(10-7-19-20-8-10)6-18-16(11)23-22-15/h1-8,21H,(H,19,20)(H,18,22,23). The highest BCUT2D eigenvalue weighted by Crippen LogP contribution is 2.29. The Kier molecular flexibility index (Phi) is 2.37. The van der Waals surface area contributed by atoms with E-state index in [9.17, 15) is 0 Å². The summed E-state index contributed by atoms with van der Waals surface area (Å²) in [6.07, 6.45) is 7.19. The van der Waals surface area contributed by atoms with E-state index in [1.165, 1.54) is 0 Å². The monoisotopic (exact) mass is 301 g/mol. The van der Waals surface area contributed by atoms with Crippen molar-refractivity contribution in [3.8, 4) is 22.5 Å². The molecule has 3 N–H and O–H groups in total. The van der Waals surface area contributed by atoms with Crippen LogP contribution in [0.4, 0.5) is 0 Å². The molecule has 7 nitrogen and oxygen atoms in total. The fourth-order valence-corrected chi connectivity index (χ4v) is 2.76. The zero-order valence-corrected chi connectivity index (χ0v) is 11.9. The maximum absolute atomic E-state index is 4.42. The highest BCUT2D eigenvalue weighted by atomic mass is 15.2. The maximum atomic E-state index is 4.42. The van der Waals surface area contributed by atoms with E-state index >= 15 is 0 Å². The van der Waals surface area contributed by atoms with Gasteiger partial charge in [-0.25, -0.2) is 4.98 Å². The zero-order chi connectivity index (χ0) is 15.2. The molecule has 0 saturated carbocycles. The van der Waals surface area contributed by atoms with Crippen LogP contribution in [-0.2, 0) is 0 Å². The quantitative estimate of drug-likeness (QED) is 0.467. The average molecular weight is 301 g/mol. The van der Waals surface area contributed by atoms with Crippen LogP contribution in [0.1, 0.15) is 0 Å². The summed E-state index contributed by atoms with van der Waals surface area (Å²) in [7, 11) is 0. The number of aromatic amines is 3. The number of hydrogen-bond acceptors (Lipinski definition) is 4. The van der Waals surface area contributed by atoms with Crippen LogP contribution >= 0.6 is 0 Å². The smallest absolute Gasteiger partial charge is 0.181 e. The lowest BCUT2D eigenvalue weighted by atomic mass is 10.1. The summed E-state index contributed by atoms with van der Waals surface area (Å²) >= 11 is 0. The van der Waals surface area contributed by atoms with Gasteiger partial charge in [-0.1, -0.05) is 0 Å². The Labute approximate surface area is 129 Å². The first-order valence-electron chi connectivity index (χ1n) is 7.16. The lowest BCUT2D eigenvalue weighted by molar-refractivity contribution is 1.09. The second kappa shape index (κ2) is 4.51. The largest absolute Gasteiger partial charge is 0.352 e. The van der Waals surface area contributed by atoms with Gasteiger partial charge in [-0.2, -0.15) is 10.2 Å². The molecular formula is C16H11N7. The highest BCUT2D eigenvalue weighted by Gasteiger charge is 2.13. The molecule has 0 aromatic carbocycles. The molecule has 0 atom stereocenters. The van der Waals surface area contributed by atoms with Crippen LogP contribution in [0.25, 0.3) is 44.6 Å². The van der Waals surface area contributed by atoms with Crippen LogP contribution in [0.2, 0.25) is 0 Å². The van der Waals surface area contributed by atoms with Gasteiger partial charge in [0.25, 0.3) is 0 Å². The van der Waals surface area contributed by atoms with E-state index in [1.807, 2.05) is 24.4 Å². The highest BCUT2D eigenvalue weighted by molar-refractivity contribution is 5.95. The molecule has 0 aliphatic carbocycles. The predicted octanol–water partition coefficient (Wildman–Crippen LogP) is 2.89. The first kappa shape index (κ1) is 12.1. The van der Waals surface area contributed by atoms with Gasteiger partial charge in [0, 0.05) is 35.1 Å². The van der Waals surface area contributed by atoms with Crippen LogP contribution < -0.4 is 0 Å². The van der Waals surface area contributed by atoms with Crippen molar-refractivity contribution in [2.45, 2.75) is 0 Å². The molecule has 0 aliphatic heterocycles.